The molecule has 1 fully saturated rings. The molecule has 0 unspecified atom stereocenters. The van der Waals surface area contributed by atoms with Crippen LogP contribution >= 0.6 is 0 Å². The molecule has 1 aliphatic heterocycles. The number of hydrogen-bond acceptors (Lipinski definition) is 5. The zero-order valence-electron chi connectivity index (χ0n) is 17.3. The van der Waals surface area contributed by atoms with Gasteiger partial charge in [-0.15, -0.1) is 0 Å². The maximum atomic E-state index is 12.5. The molecule has 0 saturated carbocycles. The van der Waals surface area contributed by atoms with Crippen LogP contribution in [0.2, 0.25) is 0 Å². The molecule has 0 radical (unpaired) electrons. The molecule has 1 aromatic rings. The molecule has 0 aliphatic carbocycles. The van der Waals surface area contributed by atoms with Gasteiger partial charge in [-0.05, 0) is 50.0 Å². The summed E-state index contributed by atoms with van der Waals surface area (Å²) in [5, 5.41) is 0. The zero-order chi connectivity index (χ0) is 21.4. The van der Waals surface area contributed by atoms with Crippen molar-refractivity contribution in [2.75, 3.05) is 26.2 Å². The topological polar surface area (TPSA) is 84.0 Å². The maximum absolute atomic E-state index is 12.5. The lowest BCUT2D eigenvalue weighted by Crippen LogP contribution is -2.44. The Morgan fingerprint density at radius 1 is 1.17 bits per heavy atom. The third-order valence-corrected chi connectivity index (χ3v) is 7.16. The van der Waals surface area contributed by atoms with Crippen molar-refractivity contribution in [3.05, 3.63) is 35.9 Å². The number of amides is 1. The normalized spacial score (nSPS) is 17.7. The van der Waals surface area contributed by atoms with Gasteiger partial charge in [-0.2, -0.15) is 4.31 Å². The molecule has 29 heavy (non-hydrogen) atoms. The summed E-state index contributed by atoms with van der Waals surface area (Å²) in [4.78, 5) is 26.1. The molecule has 0 bridgehead atoms. The van der Waals surface area contributed by atoms with Crippen molar-refractivity contribution < 1.29 is 22.7 Å². The predicted molar refractivity (Wildman–Crippen MR) is 112 cm³/mol. The predicted octanol–water partition coefficient (Wildman–Crippen LogP) is 2.67. The second-order valence-corrected chi connectivity index (χ2v) is 8.97. The number of hydrogen-bond donors (Lipinski definition) is 0. The van der Waals surface area contributed by atoms with Crippen LogP contribution in [0, 0.1) is 0 Å². The van der Waals surface area contributed by atoms with E-state index in [0.29, 0.717) is 25.2 Å². The van der Waals surface area contributed by atoms with Crippen molar-refractivity contribution >= 4 is 28.0 Å². The molecule has 1 atom stereocenters. The van der Waals surface area contributed by atoms with Crippen molar-refractivity contribution in [1.29, 1.82) is 0 Å². The Morgan fingerprint density at radius 3 is 2.41 bits per heavy atom. The fourth-order valence-electron chi connectivity index (χ4n) is 3.36. The van der Waals surface area contributed by atoms with Crippen LogP contribution in [0.1, 0.15) is 45.6 Å². The highest BCUT2D eigenvalue weighted by molar-refractivity contribution is 7.89. The Bertz CT molecular complexity index is 829. The first-order valence-electron chi connectivity index (χ1n) is 10.0. The molecule has 0 N–H and O–H groups in total. The molecule has 0 aromatic heterocycles. The van der Waals surface area contributed by atoms with Gasteiger partial charge in [0.05, 0.1) is 4.90 Å². The minimum absolute atomic E-state index is 0.176. The molecule has 1 saturated heterocycles. The van der Waals surface area contributed by atoms with Gasteiger partial charge in [-0.25, -0.2) is 13.2 Å². The van der Waals surface area contributed by atoms with E-state index < -0.39 is 16.0 Å². The van der Waals surface area contributed by atoms with E-state index in [1.807, 2.05) is 6.92 Å². The van der Waals surface area contributed by atoms with Crippen LogP contribution in [-0.4, -0.2) is 61.8 Å². The summed E-state index contributed by atoms with van der Waals surface area (Å²) in [6.45, 7) is 6.83. The van der Waals surface area contributed by atoms with Crippen LogP contribution < -0.4 is 0 Å². The van der Waals surface area contributed by atoms with Gasteiger partial charge in [0.2, 0.25) is 10.0 Å². The highest BCUT2D eigenvalue weighted by Gasteiger charge is 2.24. The second kappa shape index (κ2) is 10.5. The lowest BCUT2D eigenvalue weighted by atomic mass is 10.0. The molecular weight excluding hydrogens is 392 g/mol. The Balaban J connectivity index is 1.91. The number of rotatable bonds is 8. The van der Waals surface area contributed by atoms with E-state index in [1.54, 1.807) is 30.9 Å². The molecular formula is C21H30N2O5S. The van der Waals surface area contributed by atoms with Crippen LogP contribution in [0.25, 0.3) is 6.08 Å². The number of carbonyl (C=O) groups is 2. The Kier molecular flexibility index (Phi) is 8.40. The van der Waals surface area contributed by atoms with Crippen LogP contribution in [-0.2, 0) is 24.3 Å². The number of ether oxygens (including phenoxy) is 1. The van der Waals surface area contributed by atoms with Crippen molar-refractivity contribution in [3.8, 4) is 0 Å². The van der Waals surface area contributed by atoms with Crippen LogP contribution in [0.5, 0.6) is 0 Å². The minimum Gasteiger partial charge on any atom is -0.452 e. The average Bonchev–Trinajstić information content (AvgIpc) is 2.71. The van der Waals surface area contributed by atoms with Gasteiger partial charge in [0.15, 0.2) is 6.61 Å². The third-order valence-electron chi connectivity index (χ3n) is 5.10. The quantitative estimate of drug-likeness (QED) is 0.475. The zero-order valence-corrected chi connectivity index (χ0v) is 18.2. The van der Waals surface area contributed by atoms with Gasteiger partial charge < -0.3 is 9.64 Å². The Labute approximate surface area is 173 Å². The summed E-state index contributed by atoms with van der Waals surface area (Å²) in [5.41, 5.74) is 0.663. The van der Waals surface area contributed by atoms with E-state index in [4.69, 9.17) is 4.74 Å². The molecule has 1 aromatic carbocycles. The number of sulfonamides is 1. The van der Waals surface area contributed by atoms with Gasteiger partial charge in [-0.1, -0.05) is 26.0 Å². The fourth-order valence-corrected chi connectivity index (χ4v) is 4.82. The lowest BCUT2D eigenvalue weighted by molar-refractivity contribution is -0.149. The molecule has 1 amide bonds. The molecule has 8 heteroatoms. The molecule has 2 rings (SSSR count). The third kappa shape index (κ3) is 6.14. The second-order valence-electron chi connectivity index (χ2n) is 7.03. The van der Waals surface area contributed by atoms with Gasteiger partial charge in [-0.3, -0.25) is 4.79 Å². The smallest absolute Gasteiger partial charge is 0.331 e. The first-order valence-corrected chi connectivity index (χ1v) is 11.5. The number of nitrogens with zero attached hydrogens (tertiary/aromatic N) is 2. The summed E-state index contributed by atoms with van der Waals surface area (Å²) in [5.74, 6) is -0.784. The number of likely N-dealkylation sites (tertiary alicyclic amines) is 1. The van der Waals surface area contributed by atoms with Gasteiger partial charge in [0, 0.05) is 31.8 Å². The fraction of sp³-hybridized carbons (Fsp3) is 0.524. The summed E-state index contributed by atoms with van der Waals surface area (Å²) in [6, 6.07) is 6.46. The number of esters is 1. The van der Waals surface area contributed by atoms with Crippen LogP contribution in [0.3, 0.4) is 0 Å². The first kappa shape index (κ1) is 23.1. The highest BCUT2D eigenvalue weighted by Crippen LogP contribution is 2.17. The minimum atomic E-state index is -3.51. The van der Waals surface area contributed by atoms with Crippen LogP contribution in [0.4, 0.5) is 0 Å². The molecule has 1 heterocycles. The lowest BCUT2D eigenvalue weighted by Gasteiger charge is -2.33. The van der Waals surface area contributed by atoms with Crippen molar-refractivity contribution in [2.24, 2.45) is 0 Å². The molecule has 160 valence electrons. The van der Waals surface area contributed by atoms with E-state index >= 15 is 0 Å². The SMILES string of the molecule is CCN(CC)S(=O)(=O)c1ccc(/C=C/C(=O)OCC(=O)N2CCCC[C@H]2C)cc1. The monoisotopic (exact) mass is 422 g/mol. The first-order chi connectivity index (χ1) is 13.8. The van der Waals surface area contributed by atoms with E-state index in [1.165, 1.54) is 28.6 Å². The van der Waals surface area contributed by atoms with E-state index in [-0.39, 0.29) is 23.5 Å². The van der Waals surface area contributed by atoms with Gasteiger partial charge in [0.25, 0.3) is 5.91 Å². The summed E-state index contributed by atoms with van der Waals surface area (Å²) in [6.07, 6.45) is 5.83. The average molecular weight is 423 g/mol. The van der Waals surface area contributed by atoms with Gasteiger partial charge >= 0.3 is 5.97 Å². The summed E-state index contributed by atoms with van der Waals surface area (Å²) >= 11 is 0. The van der Waals surface area contributed by atoms with Crippen molar-refractivity contribution in [2.45, 2.75) is 51.0 Å². The van der Waals surface area contributed by atoms with Crippen LogP contribution in [0.15, 0.2) is 35.2 Å². The van der Waals surface area contributed by atoms with E-state index in [2.05, 4.69) is 0 Å². The van der Waals surface area contributed by atoms with Crippen molar-refractivity contribution in [3.63, 3.8) is 0 Å². The largest absolute Gasteiger partial charge is 0.452 e. The van der Waals surface area contributed by atoms with Gasteiger partial charge in [0.1, 0.15) is 0 Å². The van der Waals surface area contributed by atoms with E-state index in [9.17, 15) is 18.0 Å². The standard InChI is InChI=1S/C21H30N2O5S/c1-4-22(5-2)29(26,27)19-12-9-18(10-13-19)11-14-21(25)28-16-20(24)23-15-7-6-8-17(23)3/h9-14,17H,4-8,15-16H2,1-3H3/b14-11+/t17-/m1/s1. The number of carbonyl (C=O) groups excluding carboxylic acids is 2. The molecule has 7 nitrogen and oxygen atoms in total. The van der Waals surface area contributed by atoms with E-state index in [0.717, 1.165) is 19.3 Å². The summed E-state index contributed by atoms with van der Waals surface area (Å²) in [7, 11) is -3.51. The highest BCUT2D eigenvalue weighted by atomic mass is 32.2. The Morgan fingerprint density at radius 2 is 1.83 bits per heavy atom. The maximum Gasteiger partial charge on any atom is 0.331 e. The van der Waals surface area contributed by atoms with Crippen molar-refractivity contribution in [1.82, 2.24) is 9.21 Å². The number of benzene rings is 1. The Hall–Kier alpha value is -2.19. The summed E-state index contributed by atoms with van der Waals surface area (Å²) < 4.78 is 31.4. The molecule has 1 aliphatic rings. The molecule has 0 spiro atoms. The number of piperidine rings is 1.